The molecule has 0 unspecified atom stereocenters. The highest BCUT2D eigenvalue weighted by Gasteiger charge is 2.52. The topological polar surface area (TPSA) is 258 Å². The van der Waals surface area contributed by atoms with Crippen LogP contribution in [0.25, 0.3) is 33.5 Å². The first kappa shape index (κ1) is 64.1. The molecule has 11 rings (SSSR count). The van der Waals surface area contributed by atoms with Crippen LogP contribution in [0.15, 0.2) is 116 Å². The molecule has 28 heteroatoms. The van der Waals surface area contributed by atoms with E-state index in [4.69, 9.17) is 35.4 Å². The third-order valence-electron chi connectivity index (χ3n) is 14.9. The van der Waals surface area contributed by atoms with Gasteiger partial charge in [0.25, 0.3) is 20.0 Å². The van der Waals surface area contributed by atoms with E-state index < -0.39 is 57.8 Å². The van der Waals surface area contributed by atoms with Crippen LogP contribution in [0, 0.1) is 27.7 Å². The monoisotopic (exact) mass is 1270 g/mol. The van der Waals surface area contributed by atoms with Gasteiger partial charge < -0.3 is 28.6 Å². The minimum atomic E-state index is -3.90. The lowest BCUT2D eigenvalue weighted by atomic mass is 9.78. The van der Waals surface area contributed by atoms with E-state index in [2.05, 4.69) is 50.4 Å². The number of hydrogen-bond donors (Lipinski definition) is 0. The lowest BCUT2D eigenvalue weighted by Crippen LogP contribution is -2.44. The van der Waals surface area contributed by atoms with E-state index >= 15 is 0 Å². The van der Waals surface area contributed by atoms with Gasteiger partial charge in [-0.3, -0.25) is 0 Å². The van der Waals surface area contributed by atoms with Crippen LogP contribution in [0.2, 0.25) is 5.28 Å². The minimum absolute atomic E-state index is 0.0763. The third-order valence-corrected chi connectivity index (χ3v) is 19.9. The molecule has 0 N–H and O–H groups in total. The fourth-order valence-corrected chi connectivity index (χ4v) is 14.2. The standard InChI is InChI=1S/C26H30N6O4S2.C21H25BN2O4S.C11H17ClN4O2S/c1-17-6-8-20(9-7-17)38(34,35)32-18(2)14-22-21(10-11-27-26(22)32)25-28-23(30-37(4,5)33)15-24(29-25)31-12-13-36-16-19(31)3;1-14-7-9-16(10-8-14)29(25,26)24-15(2)13-17-18(11-12-23-19(17)24)22-27-20(3,4)21(5,6)28-22;1-8-7-18-5-4-16(8)10-6-9(13-11(12)14-10)15-19(2,3)17/h6-11,14-15,19H,12-13,16H2,1-5H3;7-13H,1-6H3;6,8H,4-5,7H2,1-3H3/t19-;;8-/m1.1/s1. The Morgan fingerprint density at radius 1 is 0.570 bits per heavy atom. The zero-order valence-corrected chi connectivity index (χ0v) is 54.7. The number of nitrogens with zero attached hydrogens (tertiary/aromatic N) is 12. The number of halogens is 1. The number of rotatable bonds is 10. The Kier molecular flexibility index (Phi) is 18.3. The van der Waals surface area contributed by atoms with E-state index in [-0.39, 0.29) is 32.8 Å². The number of pyridine rings is 2. The second-order valence-corrected chi connectivity index (χ2v) is 32.1. The van der Waals surface area contributed by atoms with Crippen molar-refractivity contribution < 1.29 is 44.0 Å². The summed E-state index contributed by atoms with van der Waals surface area (Å²) in [6.45, 7) is 23.2. The predicted octanol–water partition coefficient (Wildman–Crippen LogP) is 8.83. The second kappa shape index (κ2) is 24.6. The fraction of sp³-hybridized carbons (Fsp3) is 0.414. The summed E-state index contributed by atoms with van der Waals surface area (Å²) >= 11 is 5.91. The zero-order chi connectivity index (χ0) is 62.5. The van der Waals surface area contributed by atoms with E-state index in [0.29, 0.717) is 95.4 Å². The van der Waals surface area contributed by atoms with Crippen molar-refractivity contribution in [2.24, 2.45) is 8.73 Å². The summed E-state index contributed by atoms with van der Waals surface area (Å²) in [6.07, 6.45) is 9.36. The smallest absolute Gasteiger partial charge is 0.399 e. The first-order chi connectivity index (χ1) is 40.2. The number of anilines is 2. The molecule has 0 aliphatic carbocycles. The molecular formula is C58H72BClN12O10S4. The van der Waals surface area contributed by atoms with Gasteiger partial charge in [0.15, 0.2) is 28.8 Å². The van der Waals surface area contributed by atoms with E-state index in [1.54, 1.807) is 124 Å². The first-order valence-electron chi connectivity index (χ1n) is 27.6. The van der Waals surface area contributed by atoms with Crippen LogP contribution in [0.3, 0.4) is 0 Å². The van der Waals surface area contributed by atoms with Crippen LogP contribution in [0.1, 0.15) is 64.1 Å². The molecule has 0 spiro atoms. The average Bonchev–Trinajstić information content (AvgIpc) is 1.61. The molecule has 86 heavy (non-hydrogen) atoms. The van der Waals surface area contributed by atoms with E-state index in [9.17, 15) is 25.3 Å². The Hall–Kier alpha value is -6.43. The first-order valence-corrected chi connectivity index (χ1v) is 35.6. The number of hydrogen-bond acceptors (Lipinski definition) is 20. The van der Waals surface area contributed by atoms with Gasteiger partial charge in [-0.05, 0) is 135 Å². The van der Waals surface area contributed by atoms with Gasteiger partial charge in [0.2, 0.25) is 5.28 Å². The largest absolute Gasteiger partial charge is 0.495 e. The van der Waals surface area contributed by atoms with Crippen molar-refractivity contribution in [1.82, 2.24) is 37.8 Å². The van der Waals surface area contributed by atoms with Crippen molar-refractivity contribution in [3.05, 3.63) is 125 Å². The van der Waals surface area contributed by atoms with Crippen molar-refractivity contribution in [2.45, 2.75) is 102 Å². The molecule has 3 aliphatic heterocycles. The Morgan fingerprint density at radius 2 is 1.00 bits per heavy atom. The Morgan fingerprint density at radius 3 is 1.47 bits per heavy atom. The molecule has 458 valence electrons. The van der Waals surface area contributed by atoms with Crippen LogP contribution in [0.4, 0.5) is 23.3 Å². The molecule has 2 atom stereocenters. The molecular weight excluding hydrogens is 1200 g/mol. The highest BCUT2D eigenvalue weighted by molar-refractivity contribution is 7.92. The number of aryl methyl sites for hydroxylation is 4. The average molecular weight is 1270 g/mol. The predicted molar refractivity (Wildman–Crippen MR) is 340 cm³/mol. The number of morpholine rings is 2. The number of aromatic nitrogens is 8. The van der Waals surface area contributed by atoms with E-state index in [1.807, 2.05) is 60.6 Å². The quantitative estimate of drug-likeness (QED) is 0.0914. The summed E-state index contributed by atoms with van der Waals surface area (Å²) in [6, 6.07) is 24.4. The molecule has 0 radical (unpaired) electrons. The summed E-state index contributed by atoms with van der Waals surface area (Å²) in [7, 11) is -13.0. The number of benzene rings is 2. The van der Waals surface area contributed by atoms with Gasteiger partial charge in [-0.1, -0.05) is 35.4 Å². The van der Waals surface area contributed by atoms with E-state index in [1.165, 1.54) is 7.94 Å². The Labute approximate surface area is 509 Å². The molecule has 9 heterocycles. The van der Waals surface area contributed by atoms with Gasteiger partial charge in [0.05, 0.1) is 59.5 Å². The molecule has 0 saturated carbocycles. The lowest BCUT2D eigenvalue weighted by Gasteiger charge is -2.34. The van der Waals surface area contributed by atoms with E-state index in [0.717, 1.165) is 23.1 Å². The molecule has 3 saturated heterocycles. The van der Waals surface area contributed by atoms with Gasteiger partial charge in [-0.2, -0.15) is 13.7 Å². The molecule has 0 bridgehead atoms. The second-order valence-electron chi connectivity index (χ2n) is 23.1. The molecule has 6 aromatic heterocycles. The molecule has 8 aromatic rings. The Bertz CT molecular complexity index is 4340. The van der Waals surface area contributed by atoms with Crippen LogP contribution in [-0.4, -0.2) is 158 Å². The van der Waals surface area contributed by atoms with Gasteiger partial charge >= 0.3 is 7.12 Å². The van der Waals surface area contributed by atoms with Crippen molar-refractivity contribution in [2.75, 3.05) is 74.3 Å². The van der Waals surface area contributed by atoms with Crippen molar-refractivity contribution >= 4 is 109 Å². The Balaban J connectivity index is 0.000000163. The van der Waals surface area contributed by atoms with Crippen LogP contribution >= 0.6 is 11.6 Å². The van der Waals surface area contributed by atoms with Crippen molar-refractivity contribution in [3.63, 3.8) is 0 Å². The van der Waals surface area contributed by atoms with Crippen molar-refractivity contribution in [3.8, 4) is 11.4 Å². The summed E-state index contributed by atoms with van der Waals surface area (Å²) in [5.41, 5.74) is 4.11. The molecule has 3 aliphatic rings. The highest BCUT2D eigenvalue weighted by Crippen LogP contribution is 2.38. The lowest BCUT2D eigenvalue weighted by molar-refractivity contribution is 0.00578. The summed E-state index contributed by atoms with van der Waals surface area (Å²) < 4.78 is 112. The maximum Gasteiger partial charge on any atom is 0.495 e. The zero-order valence-electron chi connectivity index (χ0n) is 50.7. The summed E-state index contributed by atoms with van der Waals surface area (Å²) in [4.78, 5) is 31.1. The number of ether oxygens (including phenoxy) is 2. The van der Waals surface area contributed by atoms with Gasteiger partial charge in [-0.25, -0.2) is 58.1 Å². The van der Waals surface area contributed by atoms with Gasteiger partial charge in [-0.15, -0.1) is 0 Å². The minimum Gasteiger partial charge on any atom is -0.399 e. The van der Waals surface area contributed by atoms with Crippen molar-refractivity contribution in [1.29, 1.82) is 0 Å². The molecule has 22 nitrogen and oxygen atoms in total. The van der Waals surface area contributed by atoms with Crippen LogP contribution < -0.4 is 15.3 Å². The van der Waals surface area contributed by atoms with Gasteiger partial charge in [0.1, 0.15) is 11.6 Å². The number of fused-ring (bicyclic) bond motifs is 2. The highest BCUT2D eigenvalue weighted by atomic mass is 35.5. The normalized spacial score (nSPS) is 18.1. The maximum absolute atomic E-state index is 13.6. The SMILES string of the molecule is C[C@@H]1COCCN1c1cc(N=S(C)(C)=O)nc(Cl)n1.Cc1ccc(S(=O)(=O)n2c(C)cc3c(-c4nc(N=S(C)(C)=O)cc(N5CCOC[C@H]5C)n4)ccnc32)cc1.Cc1ccc(S(=O)(=O)n2c(C)cc3c(B4OC(C)(C)C(C)(C)O4)ccnc32)cc1. The summed E-state index contributed by atoms with van der Waals surface area (Å²) in [5.74, 6) is 2.33. The van der Waals surface area contributed by atoms with Gasteiger partial charge in [0, 0.05) is 110 Å². The molecule has 3 fully saturated rings. The summed E-state index contributed by atoms with van der Waals surface area (Å²) in [5, 5.41) is 1.41. The molecule has 2 aromatic carbocycles. The fourth-order valence-electron chi connectivity index (χ4n) is 9.94. The molecule has 0 amide bonds. The van der Waals surface area contributed by atoms with Crippen LogP contribution in [0.5, 0.6) is 0 Å². The third kappa shape index (κ3) is 14.0. The maximum atomic E-state index is 13.6. The van der Waals surface area contributed by atoms with Crippen LogP contribution in [-0.2, 0) is 58.3 Å².